The summed E-state index contributed by atoms with van der Waals surface area (Å²) in [4.78, 5) is 49.0. The number of aliphatic hydroxyl groups is 1. The lowest BCUT2D eigenvalue weighted by molar-refractivity contribution is -0.145. The summed E-state index contributed by atoms with van der Waals surface area (Å²) in [5, 5.41) is 26.2. The molecule has 7 N–H and O–H groups in total. The summed E-state index contributed by atoms with van der Waals surface area (Å²) in [6.07, 6.45) is -0.856. The number of hydrogen-bond donors (Lipinski definition) is 6. The van der Waals surface area contributed by atoms with E-state index in [-0.39, 0.29) is 17.8 Å². The third-order valence-electron chi connectivity index (χ3n) is 4.60. The van der Waals surface area contributed by atoms with Gasteiger partial charge in [0.05, 0.1) is 12.1 Å². The van der Waals surface area contributed by atoms with Crippen molar-refractivity contribution in [2.24, 2.45) is 23.5 Å². The highest BCUT2D eigenvalue weighted by Crippen LogP contribution is 2.09. The van der Waals surface area contributed by atoms with Crippen LogP contribution in [0, 0.1) is 17.8 Å². The van der Waals surface area contributed by atoms with E-state index in [1.807, 2.05) is 13.8 Å². The molecule has 3 amide bonds. The van der Waals surface area contributed by atoms with Crippen LogP contribution in [-0.4, -0.2) is 64.2 Å². The molecule has 0 aliphatic heterocycles. The van der Waals surface area contributed by atoms with E-state index < -0.39 is 54.0 Å². The Labute approximate surface area is 178 Å². The fraction of sp³-hybridized carbons (Fsp3) is 0.800. The molecule has 0 radical (unpaired) electrons. The Balaban J connectivity index is 5.34. The van der Waals surface area contributed by atoms with Gasteiger partial charge in [-0.3, -0.25) is 14.4 Å². The van der Waals surface area contributed by atoms with Gasteiger partial charge in [0.25, 0.3) is 0 Å². The van der Waals surface area contributed by atoms with Gasteiger partial charge in [-0.25, -0.2) is 4.79 Å². The van der Waals surface area contributed by atoms with Gasteiger partial charge < -0.3 is 31.9 Å². The Morgan fingerprint density at radius 1 is 0.733 bits per heavy atom. The Bertz CT molecular complexity index is 606. The number of carboxylic acids is 1. The van der Waals surface area contributed by atoms with Crippen LogP contribution in [0.25, 0.3) is 0 Å². The predicted octanol–water partition coefficient (Wildman–Crippen LogP) is -0.408. The van der Waals surface area contributed by atoms with E-state index in [2.05, 4.69) is 16.0 Å². The second kappa shape index (κ2) is 12.5. The van der Waals surface area contributed by atoms with Gasteiger partial charge >= 0.3 is 5.97 Å². The minimum absolute atomic E-state index is 0.210. The molecular weight excluding hydrogens is 392 g/mol. The molecule has 10 heteroatoms. The normalized spacial score (nSPS) is 16.5. The topological polar surface area (TPSA) is 171 Å². The summed E-state index contributed by atoms with van der Waals surface area (Å²) < 4.78 is 0. The number of carbonyl (C=O) groups is 4. The number of rotatable bonds is 12. The number of amides is 3. The van der Waals surface area contributed by atoms with E-state index in [1.165, 1.54) is 6.92 Å². The van der Waals surface area contributed by atoms with Crippen LogP contribution in [0.15, 0.2) is 0 Å². The van der Waals surface area contributed by atoms with E-state index in [1.54, 1.807) is 27.7 Å². The first kappa shape index (κ1) is 27.8. The molecule has 174 valence electrons. The zero-order valence-electron chi connectivity index (χ0n) is 18.9. The number of aliphatic carboxylic acids is 1. The van der Waals surface area contributed by atoms with Crippen molar-refractivity contribution in [2.75, 3.05) is 0 Å². The molecular formula is C20H38N4O6. The molecule has 10 nitrogen and oxygen atoms in total. The summed E-state index contributed by atoms with van der Waals surface area (Å²) in [5.41, 5.74) is 5.89. The van der Waals surface area contributed by atoms with Crippen LogP contribution in [0.3, 0.4) is 0 Å². The van der Waals surface area contributed by atoms with Crippen molar-refractivity contribution in [2.45, 2.75) is 85.2 Å². The molecule has 30 heavy (non-hydrogen) atoms. The zero-order chi connectivity index (χ0) is 23.8. The van der Waals surface area contributed by atoms with E-state index in [9.17, 15) is 24.3 Å². The van der Waals surface area contributed by atoms with Crippen LogP contribution in [-0.2, 0) is 19.2 Å². The van der Waals surface area contributed by atoms with Crippen molar-refractivity contribution in [1.82, 2.24) is 16.0 Å². The van der Waals surface area contributed by atoms with Gasteiger partial charge in [-0.05, 0) is 31.1 Å². The van der Waals surface area contributed by atoms with Crippen LogP contribution in [0.1, 0.15) is 54.9 Å². The molecule has 0 bridgehead atoms. The molecule has 0 aliphatic rings. The van der Waals surface area contributed by atoms with Crippen molar-refractivity contribution in [3.63, 3.8) is 0 Å². The smallest absolute Gasteiger partial charge is 0.328 e. The van der Waals surface area contributed by atoms with E-state index in [4.69, 9.17) is 10.8 Å². The monoisotopic (exact) mass is 430 g/mol. The first-order valence-electron chi connectivity index (χ1n) is 10.3. The number of nitrogens with one attached hydrogen (secondary N) is 3. The fourth-order valence-corrected chi connectivity index (χ4v) is 2.82. The Morgan fingerprint density at radius 3 is 1.40 bits per heavy atom. The summed E-state index contributed by atoms with van der Waals surface area (Å²) >= 11 is 0. The van der Waals surface area contributed by atoms with Crippen LogP contribution < -0.4 is 21.7 Å². The Morgan fingerprint density at radius 2 is 1.10 bits per heavy atom. The first-order chi connectivity index (χ1) is 13.7. The summed E-state index contributed by atoms with van der Waals surface area (Å²) in [7, 11) is 0. The summed E-state index contributed by atoms with van der Waals surface area (Å²) in [5.74, 6) is -3.60. The quantitative estimate of drug-likeness (QED) is 0.244. The van der Waals surface area contributed by atoms with E-state index in [0.29, 0.717) is 6.42 Å². The molecule has 0 aliphatic carbocycles. The highest BCUT2D eigenvalue weighted by Gasteiger charge is 2.34. The van der Waals surface area contributed by atoms with Gasteiger partial charge in [0.1, 0.15) is 12.1 Å². The van der Waals surface area contributed by atoms with Crippen LogP contribution in [0.4, 0.5) is 0 Å². The van der Waals surface area contributed by atoms with Gasteiger partial charge in [0, 0.05) is 0 Å². The number of carboxylic acid groups (broad SMARTS) is 1. The third kappa shape index (κ3) is 9.08. The number of carbonyl (C=O) groups excluding carboxylic acids is 3. The molecule has 0 aromatic heterocycles. The molecule has 5 unspecified atom stereocenters. The lowest BCUT2D eigenvalue weighted by Gasteiger charge is -2.29. The minimum atomic E-state index is -1.51. The van der Waals surface area contributed by atoms with E-state index >= 15 is 0 Å². The first-order valence-corrected chi connectivity index (χ1v) is 10.3. The van der Waals surface area contributed by atoms with Crippen molar-refractivity contribution >= 4 is 23.7 Å². The second-order valence-electron chi connectivity index (χ2n) is 8.76. The zero-order valence-corrected chi connectivity index (χ0v) is 18.9. The highest BCUT2D eigenvalue weighted by atomic mass is 16.4. The second-order valence-corrected chi connectivity index (χ2v) is 8.76. The third-order valence-corrected chi connectivity index (χ3v) is 4.60. The number of hydrogen-bond acceptors (Lipinski definition) is 6. The van der Waals surface area contributed by atoms with Crippen molar-refractivity contribution in [1.29, 1.82) is 0 Å². The van der Waals surface area contributed by atoms with Gasteiger partial charge in [-0.2, -0.15) is 0 Å². The molecule has 5 atom stereocenters. The number of nitrogens with two attached hydrogens (primary N) is 1. The summed E-state index contributed by atoms with van der Waals surface area (Å²) in [6, 6.07) is -4.24. The molecule has 0 spiro atoms. The Hall–Kier alpha value is -2.20. The maximum absolute atomic E-state index is 12.8. The molecule has 0 rings (SSSR count). The average molecular weight is 431 g/mol. The van der Waals surface area contributed by atoms with Crippen LogP contribution in [0.2, 0.25) is 0 Å². The average Bonchev–Trinajstić information content (AvgIpc) is 2.59. The number of aliphatic hydroxyl groups excluding tert-OH is 1. The van der Waals surface area contributed by atoms with Crippen LogP contribution in [0.5, 0.6) is 0 Å². The standard InChI is InChI=1S/C20H38N4O6/c1-9(2)8-13(21)17(26)22-14(10(3)4)18(27)23-15(11(5)6)19(28)24-16(12(7)25)20(29)30/h9-16,25H,8,21H2,1-7H3,(H,22,26)(H,23,27)(H,24,28)(H,29,30). The molecule has 0 aromatic rings. The Kier molecular flexibility index (Phi) is 11.6. The van der Waals surface area contributed by atoms with Gasteiger partial charge in [0.15, 0.2) is 6.04 Å². The largest absolute Gasteiger partial charge is 0.480 e. The minimum Gasteiger partial charge on any atom is -0.480 e. The summed E-state index contributed by atoms with van der Waals surface area (Å²) in [6.45, 7) is 12.0. The molecule has 0 aromatic carbocycles. The maximum atomic E-state index is 12.8. The van der Waals surface area contributed by atoms with Crippen molar-refractivity contribution in [3.05, 3.63) is 0 Å². The molecule has 0 fully saturated rings. The van der Waals surface area contributed by atoms with Crippen molar-refractivity contribution in [3.8, 4) is 0 Å². The lowest BCUT2D eigenvalue weighted by Crippen LogP contribution is -2.60. The highest BCUT2D eigenvalue weighted by molar-refractivity contribution is 5.94. The molecule has 0 saturated heterocycles. The van der Waals surface area contributed by atoms with Gasteiger partial charge in [0.2, 0.25) is 17.7 Å². The van der Waals surface area contributed by atoms with Gasteiger partial charge in [-0.15, -0.1) is 0 Å². The van der Waals surface area contributed by atoms with E-state index in [0.717, 1.165) is 0 Å². The van der Waals surface area contributed by atoms with Crippen molar-refractivity contribution < 1.29 is 29.4 Å². The maximum Gasteiger partial charge on any atom is 0.328 e. The lowest BCUT2D eigenvalue weighted by atomic mass is 9.98. The SMILES string of the molecule is CC(C)CC(N)C(=O)NC(C(=O)NC(C(=O)NC(C(=O)O)C(C)O)C(C)C)C(C)C. The molecule has 0 saturated carbocycles. The van der Waals surface area contributed by atoms with Gasteiger partial charge in [-0.1, -0.05) is 41.5 Å². The van der Waals surface area contributed by atoms with Crippen LogP contribution >= 0.6 is 0 Å². The molecule has 0 heterocycles. The fourth-order valence-electron chi connectivity index (χ4n) is 2.82. The predicted molar refractivity (Wildman–Crippen MR) is 112 cm³/mol.